The molecule has 0 spiro atoms. The highest BCUT2D eigenvalue weighted by molar-refractivity contribution is 6.26. The zero-order chi connectivity index (χ0) is 27.4. The summed E-state index contributed by atoms with van der Waals surface area (Å²) in [5.74, 6) is -2.14. The lowest BCUT2D eigenvalue weighted by atomic mass is 9.79. The Bertz CT molecular complexity index is 1570. The lowest BCUT2D eigenvalue weighted by Crippen LogP contribution is -2.51. The van der Waals surface area contributed by atoms with Crippen LogP contribution in [-0.2, 0) is 25.5 Å². The van der Waals surface area contributed by atoms with Crippen LogP contribution in [0.2, 0.25) is 0 Å². The molecule has 1 unspecified atom stereocenters. The molecule has 1 aliphatic heterocycles. The Morgan fingerprint density at radius 1 is 1.05 bits per heavy atom. The van der Waals surface area contributed by atoms with Gasteiger partial charge in [0.15, 0.2) is 5.69 Å². The third kappa shape index (κ3) is 5.30. The van der Waals surface area contributed by atoms with Crippen molar-refractivity contribution in [1.82, 2.24) is 19.9 Å². The van der Waals surface area contributed by atoms with Crippen LogP contribution in [0.3, 0.4) is 0 Å². The van der Waals surface area contributed by atoms with Gasteiger partial charge in [-0.2, -0.15) is 0 Å². The summed E-state index contributed by atoms with van der Waals surface area (Å²) in [6.07, 6.45) is 12.2. The van der Waals surface area contributed by atoms with Crippen molar-refractivity contribution in [3.63, 3.8) is 0 Å². The molecule has 3 heterocycles. The van der Waals surface area contributed by atoms with Gasteiger partial charge in [0.05, 0.1) is 23.8 Å². The fourth-order valence-corrected chi connectivity index (χ4v) is 4.36. The number of nitrogens with zero attached hydrogens (tertiary/aromatic N) is 4. The van der Waals surface area contributed by atoms with Gasteiger partial charge in [-0.25, -0.2) is 9.78 Å². The zero-order valence-electron chi connectivity index (χ0n) is 21.5. The van der Waals surface area contributed by atoms with Crippen LogP contribution < -0.4 is 0 Å². The molecule has 0 fully saturated rings. The smallest absolute Gasteiger partial charge is 0.360 e. The number of ether oxygens (including phenoxy) is 2. The third-order valence-corrected chi connectivity index (χ3v) is 6.51. The number of ketones is 2. The molecule has 0 radical (unpaired) electrons. The van der Waals surface area contributed by atoms with Gasteiger partial charge < -0.3 is 14.4 Å². The first-order chi connectivity index (χ1) is 18.9. The van der Waals surface area contributed by atoms with Crippen LogP contribution in [0, 0.1) is 0 Å². The maximum absolute atomic E-state index is 13.7. The van der Waals surface area contributed by atoms with Crippen molar-refractivity contribution in [3.05, 3.63) is 114 Å². The average Bonchev–Trinajstić information content (AvgIpc) is 2.96. The SMILES string of the molecule is COC/C=C/C1=CC2=CC(=O)C(C)(OC(=O)c3cnc4ccccc4n3)C(=O)C2=CN1CCc1ccccn1. The zero-order valence-corrected chi connectivity index (χ0v) is 21.5. The first-order valence-corrected chi connectivity index (χ1v) is 12.4. The lowest BCUT2D eigenvalue weighted by molar-refractivity contribution is -0.145. The summed E-state index contributed by atoms with van der Waals surface area (Å²) >= 11 is 0. The summed E-state index contributed by atoms with van der Waals surface area (Å²) in [4.78, 5) is 54.7. The van der Waals surface area contributed by atoms with Crippen molar-refractivity contribution in [1.29, 1.82) is 0 Å². The summed E-state index contributed by atoms with van der Waals surface area (Å²) in [7, 11) is 1.60. The molecule has 0 bridgehead atoms. The number of methoxy groups -OCH3 is 1. The van der Waals surface area contributed by atoms with Crippen molar-refractivity contribution < 1.29 is 23.9 Å². The van der Waals surface area contributed by atoms with Crippen LogP contribution in [0.1, 0.15) is 23.1 Å². The van der Waals surface area contributed by atoms with E-state index in [0.717, 1.165) is 11.4 Å². The Balaban J connectivity index is 1.43. The molecule has 9 nitrogen and oxygen atoms in total. The molecule has 196 valence electrons. The second kappa shape index (κ2) is 10.9. The lowest BCUT2D eigenvalue weighted by Gasteiger charge is -2.34. The van der Waals surface area contributed by atoms with E-state index in [9.17, 15) is 14.4 Å². The molecular formula is C30H26N4O5. The van der Waals surface area contributed by atoms with Crippen molar-refractivity contribution >= 4 is 28.6 Å². The Kier molecular flexibility index (Phi) is 7.25. The summed E-state index contributed by atoms with van der Waals surface area (Å²) in [5.41, 5.74) is 1.39. The minimum absolute atomic E-state index is 0.0922. The van der Waals surface area contributed by atoms with Crippen LogP contribution in [0.4, 0.5) is 0 Å². The number of rotatable bonds is 8. The van der Waals surface area contributed by atoms with E-state index in [0.29, 0.717) is 36.2 Å². The summed E-state index contributed by atoms with van der Waals surface area (Å²) in [6, 6.07) is 12.8. The highest BCUT2D eigenvalue weighted by atomic mass is 16.6. The molecule has 1 aromatic carbocycles. The monoisotopic (exact) mass is 522 g/mol. The molecule has 9 heteroatoms. The number of para-hydroxylation sites is 2. The normalized spacial score (nSPS) is 19.0. The highest BCUT2D eigenvalue weighted by Crippen LogP contribution is 2.35. The van der Waals surface area contributed by atoms with E-state index < -0.39 is 23.1 Å². The number of carbonyl (C=O) groups is 3. The van der Waals surface area contributed by atoms with Crippen LogP contribution in [0.25, 0.3) is 11.0 Å². The number of benzene rings is 1. The molecule has 0 amide bonds. The van der Waals surface area contributed by atoms with Gasteiger partial charge in [0, 0.05) is 49.4 Å². The molecule has 0 saturated carbocycles. The fraction of sp³-hybridized carbons (Fsp3) is 0.200. The number of fused-ring (bicyclic) bond motifs is 2. The molecule has 1 aliphatic carbocycles. The van der Waals surface area contributed by atoms with Gasteiger partial charge >= 0.3 is 5.97 Å². The molecule has 5 rings (SSSR count). The van der Waals surface area contributed by atoms with Crippen molar-refractivity contribution in [2.75, 3.05) is 20.3 Å². The van der Waals surface area contributed by atoms with Gasteiger partial charge in [-0.15, -0.1) is 0 Å². The number of Topliss-reactive ketones (excluding diaryl/α,β-unsaturated/α-hetero) is 1. The largest absolute Gasteiger partial charge is 0.438 e. The summed E-state index contributed by atoms with van der Waals surface area (Å²) in [5, 5.41) is 0. The molecule has 0 N–H and O–H groups in total. The predicted octanol–water partition coefficient (Wildman–Crippen LogP) is 3.55. The maximum Gasteiger partial charge on any atom is 0.360 e. The van der Waals surface area contributed by atoms with Crippen LogP contribution in [0.15, 0.2) is 102 Å². The summed E-state index contributed by atoms with van der Waals surface area (Å²) < 4.78 is 10.7. The average molecular weight is 523 g/mol. The van der Waals surface area contributed by atoms with Gasteiger partial charge in [-0.3, -0.25) is 19.6 Å². The first kappa shape index (κ1) is 25.9. The second-order valence-electron chi connectivity index (χ2n) is 9.19. The number of carbonyl (C=O) groups excluding carboxylic acids is 3. The number of allylic oxidation sites excluding steroid dienone is 3. The Hall–Kier alpha value is -4.76. The van der Waals surface area contributed by atoms with Crippen LogP contribution in [0.5, 0.6) is 0 Å². The van der Waals surface area contributed by atoms with Gasteiger partial charge in [0.1, 0.15) is 0 Å². The predicted molar refractivity (Wildman–Crippen MR) is 143 cm³/mol. The molecule has 0 saturated heterocycles. The second-order valence-corrected chi connectivity index (χ2v) is 9.19. The van der Waals surface area contributed by atoms with Gasteiger partial charge in [-0.1, -0.05) is 24.3 Å². The Morgan fingerprint density at radius 3 is 2.62 bits per heavy atom. The minimum atomic E-state index is -2.04. The van der Waals surface area contributed by atoms with Gasteiger partial charge in [0.25, 0.3) is 0 Å². The van der Waals surface area contributed by atoms with Crippen molar-refractivity contribution in [2.24, 2.45) is 0 Å². The molecule has 39 heavy (non-hydrogen) atoms. The Labute approximate surface area is 225 Å². The number of pyridine rings is 1. The van der Waals surface area contributed by atoms with Gasteiger partial charge in [0.2, 0.25) is 17.2 Å². The summed E-state index contributed by atoms with van der Waals surface area (Å²) in [6.45, 7) is 2.25. The standard InChI is InChI=1S/C30H26N4O5/c1-30(39-29(37)26-18-32-24-10-3-4-11-25(24)33-26)27(35)17-20-16-22(9-7-15-38-2)34(19-23(20)28(30)36)14-12-21-8-5-6-13-31-21/h3-11,13,16-19H,12,14-15H2,1-2H3/b9-7+. The highest BCUT2D eigenvalue weighted by Gasteiger charge is 2.49. The van der Waals surface area contributed by atoms with E-state index in [2.05, 4.69) is 15.0 Å². The van der Waals surface area contributed by atoms with E-state index in [1.807, 2.05) is 41.3 Å². The number of esters is 1. The number of hydrogen-bond donors (Lipinski definition) is 0. The third-order valence-electron chi connectivity index (χ3n) is 6.51. The van der Waals surface area contributed by atoms with E-state index >= 15 is 0 Å². The van der Waals surface area contributed by atoms with E-state index in [1.165, 1.54) is 19.2 Å². The van der Waals surface area contributed by atoms with E-state index in [-0.39, 0.29) is 11.3 Å². The van der Waals surface area contributed by atoms with Crippen molar-refractivity contribution in [3.8, 4) is 0 Å². The van der Waals surface area contributed by atoms with Crippen LogP contribution >= 0.6 is 0 Å². The number of aromatic nitrogens is 3. The minimum Gasteiger partial charge on any atom is -0.438 e. The van der Waals surface area contributed by atoms with E-state index in [1.54, 1.807) is 43.8 Å². The topological polar surface area (TPSA) is 112 Å². The number of hydrogen-bond acceptors (Lipinski definition) is 9. The molecule has 1 atom stereocenters. The fourth-order valence-electron chi connectivity index (χ4n) is 4.36. The van der Waals surface area contributed by atoms with Crippen LogP contribution in [-0.4, -0.2) is 63.3 Å². The Morgan fingerprint density at radius 2 is 1.85 bits per heavy atom. The molecule has 3 aromatic rings. The maximum atomic E-state index is 13.7. The van der Waals surface area contributed by atoms with E-state index in [4.69, 9.17) is 9.47 Å². The molecule has 2 aromatic heterocycles. The van der Waals surface area contributed by atoms with Gasteiger partial charge in [-0.05, 0) is 55.0 Å². The first-order valence-electron chi connectivity index (χ1n) is 12.4. The quantitative estimate of drug-likeness (QED) is 0.324. The molecular weight excluding hydrogens is 496 g/mol. The molecule has 2 aliphatic rings. The van der Waals surface area contributed by atoms with Crippen molar-refractivity contribution in [2.45, 2.75) is 18.9 Å².